The van der Waals surface area contributed by atoms with Crippen LogP contribution in [0.1, 0.15) is 23.2 Å². The fourth-order valence-electron chi connectivity index (χ4n) is 2.62. The molecule has 0 radical (unpaired) electrons. The Labute approximate surface area is 137 Å². The van der Waals surface area contributed by atoms with Crippen LogP contribution in [-0.2, 0) is 0 Å². The summed E-state index contributed by atoms with van der Waals surface area (Å²) in [4.78, 5) is 17.6. The third-order valence-electron chi connectivity index (χ3n) is 3.78. The molecule has 2 rings (SSSR count). The summed E-state index contributed by atoms with van der Waals surface area (Å²) in [6.07, 6.45) is 0.327. The lowest BCUT2D eigenvalue weighted by atomic mass is 10.0. The van der Waals surface area contributed by atoms with E-state index < -0.39 is 24.8 Å². The molecule has 1 aromatic heterocycles. The number of carbonyl (C=O) groups is 1. The molecule has 8 heteroatoms. The fourth-order valence-corrected chi connectivity index (χ4v) is 2.62. The van der Waals surface area contributed by atoms with Gasteiger partial charge in [0.05, 0.1) is 6.67 Å². The van der Waals surface area contributed by atoms with Crippen molar-refractivity contribution in [2.45, 2.75) is 25.1 Å². The Morgan fingerprint density at radius 3 is 2.67 bits per heavy atom. The molecule has 0 fully saturated rings. The summed E-state index contributed by atoms with van der Waals surface area (Å²) in [6, 6.07) is 0.656. The first-order valence-electron chi connectivity index (χ1n) is 7.66. The first-order chi connectivity index (χ1) is 11.4. The highest BCUT2D eigenvalue weighted by Gasteiger charge is 2.43. The van der Waals surface area contributed by atoms with Crippen molar-refractivity contribution in [3.8, 4) is 0 Å². The third kappa shape index (κ3) is 5.02. The second-order valence-electron chi connectivity index (χ2n) is 5.57. The molecule has 0 bridgehead atoms. The number of nitrogens with zero attached hydrogens (tertiary/aromatic N) is 2. The minimum atomic E-state index is -4.60. The number of amides is 1. The molecule has 0 aromatic carbocycles. The van der Waals surface area contributed by atoms with E-state index in [9.17, 15) is 22.4 Å². The average Bonchev–Trinajstić information content (AvgIpc) is 2.57. The molecule has 1 aliphatic heterocycles. The predicted molar refractivity (Wildman–Crippen MR) is 81.3 cm³/mol. The Morgan fingerprint density at radius 1 is 1.33 bits per heavy atom. The number of alkyl halides is 4. The van der Waals surface area contributed by atoms with Gasteiger partial charge in [-0.15, -0.1) is 0 Å². The molecule has 1 atom stereocenters. The van der Waals surface area contributed by atoms with Crippen LogP contribution in [0.3, 0.4) is 0 Å². The molecule has 0 saturated carbocycles. The summed E-state index contributed by atoms with van der Waals surface area (Å²) in [5.41, 5.74) is 0.208. The van der Waals surface area contributed by atoms with E-state index in [0.717, 1.165) is 0 Å². The molecule has 1 aliphatic rings. The second kappa shape index (κ2) is 8.23. The Balaban J connectivity index is 2.11. The zero-order valence-corrected chi connectivity index (χ0v) is 13.0. The Hall–Kier alpha value is -1.96. The molecule has 0 spiro atoms. The Bertz CT molecular complexity index is 574. The smallest absolute Gasteiger partial charge is 0.337 e. The van der Waals surface area contributed by atoms with Crippen LogP contribution >= 0.6 is 0 Å². The van der Waals surface area contributed by atoms with Crippen LogP contribution in [-0.4, -0.2) is 54.3 Å². The molecule has 0 saturated heterocycles. The monoisotopic (exact) mass is 345 g/mol. The fraction of sp³-hybridized carbons (Fsp3) is 0.500. The minimum Gasteiger partial charge on any atom is -0.337 e. The van der Waals surface area contributed by atoms with Crippen LogP contribution < -0.4 is 5.32 Å². The number of aromatic nitrogens is 1. The molecule has 2 heterocycles. The van der Waals surface area contributed by atoms with Gasteiger partial charge < -0.3 is 5.32 Å². The van der Waals surface area contributed by atoms with Gasteiger partial charge in [-0.05, 0) is 30.5 Å². The number of pyridine rings is 1. The van der Waals surface area contributed by atoms with Crippen LogP contribution in [0.2, 0.25) is 0 Å². The van der Waals surface area contributed by atoms with Gasteiger partial charge in [-0.3, -0.25) is 19.1 Å². The molecule has 1 N–H and O–H groups in total. The lowest BCUT2D eigenvalue weighted by Crippen LogP contribution is -2.50. The second-order valence-corrected chi connectivity index (χ2v) is 5.57. The molecule has 0 aliphatic carbocycles. The molecule has 4 nitrogen and oxygen atoms in total. The van der Waals surface area contributed by atoms with E-state index in [1.165, 1.54) is 30.6 Å². The van der Waals surface area contributed by atoms with Crippen LogP contribution in [0.15, 0.2) is 36.2 Å². The highest BCUT2D eigenvalue weighted by molar-refractivity contribution is 5.94. The van der Waals surface area contributed by atoms with Crippen molar-refractivity contribution >= 4 is 5.91 Å². The highest BCUT2D eigenvalue weighted by atomic mass is 19.4. The quantitative estimate of drug-likeness (QED) is 0.637. The van der Waals surface area contributed by atoms with Crippen LogP contribution in [0.4, 0.5) is 17.6 Å². The van der Waals surface area contributed by atoms with E-state index in [4.69, 9.17) is 0 Å². The summed E-state index contributed by atoms with van der Waals surface area (Å²) in [5, 5.41) is 2.06. The van der Waals surface area contributed by atoms with Gasteiger partial charge in [-0.2, -0.15) is 13.2 Å². The van der Waals surface area contributed by atoms with Gasteiger partial charge in [0.2, 0.25) is 0 Å². The zero-order valence-electron chi connectivity index (χ0n) is 13.0. The SMILES string of the molecule is O=C(N[C@H](C1=CCCN(CCCF)C1)C(F)(F)F)c1ccncc1. The summed E-state index contributed by atoms with van der Waals surface area (Å²) in [6.45, 7) is 0.556. The Kier molecular flexibility index (Phi) is 6.30. The van der Waals surface area contributed by atoms with Crippen LogP contribution in [0.25, 0.3) is 0 Å². The first-order valence-corrected chi connectivity index (χ1v) is 7.66. The maximum atomic E-state index is 13.4. The largest absolute Gasteiger partial charge is 0.412 e. The van der Waals surface area contributed by atoms with Crippen molar-refractivity contribution in [3.05, 3.63) is 41.7 Å². The van der Waals surface area contributed by atoms with E-state index in [-0.39, 0.29) is 24.1 Å². The zero-order chi connectivity index (χ0) is 17.6. The van der Waals surface area contributed by atoms with Crippen molar-refractivity contribution in [2.24, 2.45) is 0 Å². The maximum absolute atomic E-state index is 13.4. The normalized spacial score (nSPS) is 17.2. The average molecular weight is 345 g/mol. The summed E-state index contributed by atoms with van der Waals surface area (Å²) in [5.74, 6) is -0.804. The maximum Gasteiger partial charge on any atom is 0.412 e. The van der Waals surface area contributed by atoms with Gasteiger partial charge >= 0.3 is 6.18 Å². The number of nitrogens with one attached hydrogen (secondary N) is 1. The van der Waals surface area contributed by atoms with E-state index in [0.29, 0.717) is 19.5 Å². The van der Waals surface area contributed by atoms with Gasteiger partial charge in [-0.1, -0.05) is 6.08 Å². The number of hydrogen-bond acceptors (Lipinski definition) is 3. The van der Waals surface area contributed by atoms with Gasteiger partial charge in [0.25, 0.3) is 5.91 Å². The molecule has 0 unspecified atom stereocenters. The van der Waals surface area contributed by atoms with Crippen molar-refractivity contribution < 1.29 is 22.4 Å². The topological polar surface area (TPSA) is 45.2 Å². The Morgan fingerprint density at radius 2 is 2.04 bits per heavy atom. The van der Waals surface area contributed by atoms with Crippen molar-refractivity contribution in [2.75, 3.05) is 26.3 Å². The summed E-state index contributed by atoms with van der Waals surface area (Å²) in [7, 11) is 0. The van der Waals surface area contributed by atoms with Crippen LogP contribution in [0, 0.1) is 0 Å². The lowest BCUT2D eigenvalue weighted by Gasteiger charge is -2.32. The number of hydrogen-bond donors (Lipinski definition) is 1. The number of rotatable bonds is 6. The van der Waals surface area contributed by atoms with E-state index in [1.807, 2.05) is 0 Å². The predicted octanol–water partition coefficient (Wildman–Crippen LogP) is 2.73. The van der Waals surface area contributed by atoms with Gasteiger partial charge in [0, 0.05) is 37.6 Å². The molecular formula is C16H19F4N3O. The molecular weight excluding hydrogens is 326 g/mol. The lowest BCUT2D eigenvalue weighted by molar-refractivity contribution is -0.145. The molecule has 1 aromatic rings. The van der Waals surface area contributed by atoms with Crippen molar-refractivity contribution in [1.82, 2.24) is 15.2 Å². The first kappa shape index (κ1) is 18.4. The molecule has 24 heavy (non-hydrogen) atoms. The van der Waals surface area contributed by atoms with E-state index in [1.54, 1.807) is 4.90 Å². The van der Waals surface area contributed by atoms with Gasteiger partial charge in [0.15, 0.2) is 0 Å². The highest BCUT2D eigenvalue weighted by Crippen LogP contribution is 2.28. The van der Waals surface area contributed by atoms with Crippen molar-refractivity contribution in [3.63, 3.8) is 0 Å². The van der Waals surface area contributed by atoms with E-state index >= 15 is 0 Å². The van der Waals surface area contributed by atoms with Gasteiger partial charge in [-0.25, -0.2) is 0 Å². The van der Waals surface area contributed by atoms with Crippen molar-refractivity contribution in [1.29, 1.82) is 0 Å². The number of halogens is 4. The third-order valence-corrected chi connectivity index (χ3v) is 3.78. The number of carbonyl (C=O) groups excluding carboxylic acids is 1. The van der Waals surface area contributed by atoms with Crippen LogP contribution in [0.5, 0.6) is 0 Å². The van der Waals surface area contributed by atoms with E-state index in [2.05, 4.69) is 10.3 Å². The summed E-state index contributed by atoms with van der Waals surface area (Å²) >= 11 is 0. The van der Waals surface area contributed by atoms with Gasteiger partial charge in [0.1, 0.15) is 6.04 Å². The molecule has 1 amide bonds. The molecule has 132 valence electrons. The minimum absolute atomic E-state index is 0.0702. The standard InChI is InChI=1S/C16H19F4N3O/c17-6-2-10-23-9-1-3-13(11-23)14(16(18,19)20)22-15(24)12-4-7-21-8-5-12/h3-5,7-8,14H,1-2,6,9-11H2,(H,22,24)/t14-/m1/s1. The summed E-state index contributed by atoms with van der Waals surface area (Å²) < 4.78 is 52.5.